The molecule has 0 fully saturated rings. The van der Waals surface area contributed by atoms with E-state index < -0.39 is 0 Å². The van der Waals surface area contributed by atoms with Crippen LogP contribution in [-0.2, 0) is 0 Å². The van der Waals surface area contributed by atoms with Crippen molar-refractivity contribution in [3.8, 4) is 11.3 Å². The highest BCUT2D eigenvalue weighted by Gasteiger charge is 2.08. The maximum atomic E-state index is 4.15. The molecule has 4 heteroatoms. The van der Waals surface area contributed by atoms with Gasteiger partial charge in [-0.25, -0.2) is 0 Å². The minimum atomic E-state index is 0.942. The summed E-state index contributed by atoms with van der Waals surface area (Å²) in [6.45, 7) is 2.11. The van der Waals surface area contributed by atoms with Gasteiger partial charge < -0.3 is 0 Å². The lowest BCUT2D eigenvalue weighted by molar-refractivity contribution is 0.911. The molecular weight excluding hydrogens is 194 g/mol. The van der Waals surface area contributed by atoms with E-state index in [1.165, 1.54) is 0 Å². The Morgan fingerprint density at radius 3 is 2.71 bits per heavy atom. The van der Waals surface area contributed by atoms with Crippen LogP contribution in [0.1, 0.15) is 6.92 Å². The van der Waals surface area contributed by atoms with Gasteiger partial charge in [0.25, 0.3) is 0 Å². The summed E-state index contributed by atoms with van der Waals surface area (Å²) in [5, 5.41) is 11.9. The van der Waals surface area contributed by atoms with Crippen LogP contribution in [0.15, 0.2) is 35.4 Å². The Morgan fingerprint density at radius 2 is 2.00 bits per heavy atom. The molecule has 3 nitrogen and oxygen atoms in total. The summed E-state index contributed by atoms with van der Waals surface area (Å²) in [6, 6.07) is 10.1. The molecule has 1 aromatic heterocycles. The Hall–Kier alpha value is -1.29. The van der Waals surface area contributed by atoms with Crippen molar-refractivity contribution >= 4 is 11.8 Å². The summed E-state index contributed by atoms with van der Waals surface area (Å²) in [5.41, 5.74) is 2.05. The Balaban J connectivity index is 2.37. The lowest BCUT2D eigenvalue weighted by Gasteiger charge is -1.97. The average Bonchev–Trinajstić information content (AvgIpc) is 2.68. The van der Waals surface area contributed by atoms with Crippen molar-refractivity contribution in [1.82, 2.24) is 15.4 Å². The van der Waals surface area contributed by atoms with Gasteiger partial charge >= 0.3 is 0 Å². The minimum absolute atomic E-state index is 0.942. The number of rotatable bonds is 3. The summed E-state index contributed by atoms with van der Waals surface area (Å²) in [7, 11) is 0. The zero-order valence-corrected chi connectivity index (χ0v) is 8.71. The molecule has 0 aliphatic rings. The molecule has 2 rings (SSSR count). The van der Waals surface area contributed by atoms with E-state index >= 15 is 0 Å². The highest BCUT2D eigenvalue weighted by molar-refractivity contribution is 7.99. The van der Waals surface area contributed by atoms with Crippen molar-refractivity contribution < 1.29 is 0 Å². The number of hydrogen-bond acceptors (Lipinski definition) is 3. The second-order valence-electron chi connectivity index (χ2n) is 2.78. The van der Waals surface area contributed by atoms with Crippen molar-refractivity contribution in [3.05, 3.63) is 30.3 Å². The molecule has 0 radical (unpaired) electrons. The molecule has 1 heterocycles. The van der Waals surface area contributed by atoms with Gasteiger partial charge in [-0.1, -0.05) is 37.3 Å². The van der Waals surface area contributed by atoms with Gasteiger partial charge in [-0.05, 0) is 5.75 Å². The monoisotopic (exact) mass is 205 g/mol. The van der Waals surface area contributed by atoms with Crippen LogP contribution in [0.5, 0.6) is 0 Å². The normalized spacial score (nSPS) is 10.4. The molecule has 0 spiro atoms. The Labute approximate surface area is 86.9 Å². The maximum absolute atomic E-state index is 4.15. The number of benzene rings is 1. The van der Waals surface area contributed by atoms with Crippen molar-refractivity contribution in [2.75, 3.05) is 5.75 Å². The number of thioether (sulfide) groups is 1. The van der Waals surface area contributed by atoms with Gasteiger partial charge in [0.1, 0.15) is 10.7 Å². The predicted octanol–water partition coefficient (Wildman–Crippen LogP) is 2.58. The quantitative estimate of drug-likeness (QED) is 0.783. The third-order valence-electron chi connectivity index (χ3n) is 1.84. The lowest BCUT2D eigenvalue weighted by atomic mass is 10.2. The van der Waals surface area contributed by atoms with Gasteiger partial charge in [0, 0.05) is 5.56 Å². The SMILES string of the molecule is CCSc1n[nH]nc1-c1ccccc1. The van der Waals surface area contributed by atoms with Crippen LogP contribution < -0.4 is 0 Å². The molecule has 1 N–H and O–H groups in total. The zero-order valence-electron chi connectivity index (χ0n) is 7.90. The molecule has 0 amide bonds. The molecule has 0 bridgehead atoms. The predicted molar refractivity (Wildman–Crippen MR) is 58.2 cm³/mol. The number of nitrogens with zero attached hydrogens (tertiary/aromatic N) is 2. The van der Waals surface area contributed by atoms with Crippen LogP contribution in [0.2, 0.25) is 0 Å². The average molecular weight is 205 g/mol. The molecule has 1 aromatic carbocycles. The van der Waals surface area contributed by atoms with Crippen LogP contribution in [0.4, 0.5) is 0 Å². The highest BCUT2D eigenvalue weighted by Crippen LogP contribution is 2.26. The second kappa shape index (κ2) is 4.28. The van der Waals surface area contributed by atoms with Gasteiger partial charge in [0.05, 0.1) is 0 Å². The van der Waals surface area contributed by atoms with Crippen LogP contribution in [0.3, 0.4) is 0 Å². The van der Waals surface area contributed by atoms with Crippen LogP contribution in [0, 0.1) is 0 Å². The summed E-state index contributed by atoms with van der Waals surface area (Å²) in [6.07, 6.45) is 0. The van der Waals surface area contributed by atoms with Crippen molar-refractivity contribution in [1.29, 1.82) is 0 Å². The number of hydrogen-bond donors (Lipinski definition) is 1. The fourth-order valence-electron chi connectivity index (χ4n) is 1.24. The summed E-state index contributed by atoms with van der Waals surface area (Å²) < 4.78 is 0. The number of aromatic amines is 1. The lowest BCUT2D eigenvalue weighted by Crippen LogP contribution is -1.80. The Morgan fingerprint density at radius 1 is 1.21 bits per heavy atom. The Kier molecular flexibility index (Phi) is 2.84. The molecule has 2 aromatic rings. The van der Waals surface area contributed by atoms with Crippen LogP contribution in [-0.4, -0.2) is 21.2 Å². The van der Waals surface area contributed by atoms with E-state index in [1.807, 2.05) is 30.3 Å². The van der Waals surface area contributed by atoms with Gasteiger partial charge in [0.2, 0.25) is 0 Å². The molecule has 0 saturated heterocycles. The fraction of sp³-hybridized carbons (Fsp3) is 0.200. The first-order valence-electron chi connectivity index (χ1n) is 4.51. The number of nitrogens with one attached hydrogen (secondary N) is 1. The first-order valence-corrected chi connectivity index (χ1v) is 5.49. The smallest absolute Gasteiger partial charge is 0.146 e. The van der Waals surface area contributed by atoms with Gasteiger partial charge in [0.15, 0.2) is 0 Å². The largest absolute Gasteiger partial charge is 0.196 e. The first-order chi connectivity index (χ1) is 6.92. The van der Waals surface area contributed by atoms with Crippen molar-refractivity contribution in [2.45, 2.75) is 11.9 Å². The van der Waals surface area contributed by atoms with Gasteiger partial charge in [-0.3, -0.25) is 0 Å². The Bertz CT molecular complexity index is 397. The van der Waals surface area contributed by atoms with E-state index in [-0.39, 0.29) is 0 Å². The minimum Gasteiger partial charge on any atom is -0.196 e. The van der Waals surface area contributed by atoms with Crippen molar-refractivity contribution in [2.24, 2.45) is 0 Å². The first kappa shape index (κ1) is 9.27. The molecular formula is C10H11N3S. The van der Waals surface area contributed by atoms with E-state index in [0.717, 1.165) is 22.0 Å². The second-order valence-corrected chi connectivity index (χ2v) is 4.03. The van der Waals surface area contributed by atoms with E-state index in [2.05, 4.69) is 22.3 Å². The third-order valence-corrected chi connectivity index (χ3v) is 2.69. The molecule has 0 unspecified atom stereocenters. The molecule has 0 saturated carbocycles. The standard InChI is InChI=1S/C10H11N3S/c1-2-14-10-9(11-13-12-10)8-6-4-3-5-7-8/h3-7H,2H2,1H3,(H,11,12,13). The number of H-pyrrole nitrogens is 1. The zero-order chi connectivity index (χ0) is 9.80. The summed E-state index contributed by atoms with van der Waals surface area (Å²) in [5.74, 6) is 1.01. The molecule has 14 heavy (non-hydrogen) atoms. The third kappa shape index (κ3) is 1.80. The van der Waals surface area contributed by atoms with E-state index in [1.54, 1.807) is 11.8 Å². The van der Waals surface area contributed by atoms with Gasteiger partial charge in [-0.15, -0.1) is 16.9 Å². The van der Waals surface area contributed by atoms with E-state index in [0.29, 0.717) is 0 Å². The highest BCUT2D eigenvalue weighted by atomic mass is 32.2. The fourth-order valence-corrected chi connectivity index (χ4v) is 1.92. The molecule has 72 valence electrons. The molecule has 0 aliphatic carbocycles. The molecule has 0 atom stereocenters. The van der Waals surface area contributed by atoms with Crippen LogP contribution in [0.25, 0.3) is 11.3 Å². The summed E-state index contributed by atoms with van der Waals surface area (Å²) >= 11 is 1.70. The van der Waals surface area contributed by atoms with Crippen LogP contribution >= 0.6 is 11.8 Å². The van der Waals surface area contributed by atoms with Crippen molar-refractivity contribution in [3.63, 3.8) is 0 Å². The van der Waals surface area contributed by atoms with Gasteiger partial charge in [-0.2, -0.15) is 10.3 Å². The molecule has 0 aliphatic heterocycles. The van der Waals surface area contributed by atoms with E-state index in [9.17, 15) is 0 Å². The number of aromatic nitrogens is 3. The maximum Gasteiger partial charge on any atom is 0.146 e. The topological polar surface area (TPSA) is 41.6 Å². The van der Waals surface area contributed by atoms with E-state index in [4.69, 9.17) is 0 Å². The summed E-state index contributed by atoms with van der Waals surface area (Å²) in [4.78, 5) is 0.